The molecule has 1 aromatic heterocycles. The molecule has 0 saturated carbocycles. The van der Waals surface area contributed by atoms with Crippen LogP contribution in [0.5, 0.6) is 11.5 Å². The molecule has 2 aromatic rings. The molecule has 19 heavy (non-hydrogen) atoms. The number of phenols is 1. The summed E-state index contributed by atoms with van der Waals surface area (Å²) < 4.78 is 6.53. The molecule has 1 aromatic carbocycles. The number of nitrogens with one attached hydrogen (secondary N) is 1. The van der Waals surface area contributed by atoms with Crippen LogP contribution in [-0.4, -0.2) is 27.9 Å². The fourth-order valence-electron chi connectivity index (χ4n) is 1.78. The Morgan fingerprint density at radius 3 is 2.79 bits per heavy atom. The Bertz CT molecular complexity index is 620. The lowest BCUT2D eigenvalue weighted by molar-refractivity contribution is 0.102. The summed E-state index contributed by atoms with van der Waals surface area (Å²) >= 11 is 0. The lowest BCUT2D eigenvalue weighted by atomic mass is 10.1. The first-order valence-corrected chi connectivity index (χ1v) is 5.71. The van der Waals surface area contributed by atoms with Crippen LogP contribution in [0.15, 0.2) is 24.3 Å². The van der Waals surface area contributed by atoms with Crippen LogP contribution in [0.3, 0.4) is 0 Å². The highest BCUT2D eigenvalue weighted by atomic mass is 16.5. The van der Waals surface area contributed by atoms with E-state index in [1.54, 1.807) is 29.9 Å². The number of hydrogen-bond donors (Lipinski definition) is 2. The summed E-state index contributed by atoms with van der Waals surface area (Å²) in [7, 11) is 3.16. The third-order valence-electron chi connectivity index (χ3n) is 2.71. The molecule has 6 heteroatoms. The number of carbonyl (C=O) groups excluding carboxylic acids is 1. The van der Waals surface area contributed by atoms with Crippen molar-refractivity contribution in [2.45, 2.75) is 6.92 Å². The van der Waals surface area contributed by atoms with Crippen LogP contribution in [0, 0.1) is 6.92 Å². The zero-order valence-electron chi connectivity index (χ0n) is 11.0. The van der Waals surface area contributed by atoms with E-state index in [0.717, 1.165) is 5.69 Å². The van der Waals surface area contributed by atoms with Crippen LogP contribution in [0.2, 0.25) is 0 Å². The molecule has 0 bridgehead atoms. The van der Waals surface area contributed by atoms with E-state index in [1.807, 2.05) is 6.92 Å². The second-order valence-electron chi connectivity index (χ2n) is 4.11. The van der Waals surface area contributed by atoms with E-state index in [2.05, 4.69) is 10.4 Å². The van der Waals surface area contributed by atoms with Gasteiger partial charge in [-0.1, -0.05) is 6.07 Å². The highest BCUT2D eigenvalue weighted by Gasteiger charge is 2.16. The van der Waals surface area contributed by atoms with Gasteiger partial charge in [-0.2, -0.15) is 5.10 Å². The fraction of sp³-hybridized carbons (Fsp3) is 0.231. The van der Waals surface area contributed by atoms with Gasteiger partial charge in [0.05, 0.1) is 18.4 Å². The third-order valence-corrected chi connectivity index (χ3v) is 2.71. The predicted octanol–water partition coefficient (Wildman–Crippen LogP) is 1.70. The molecule has 0 radical (unpaired) electrons. The number of aromatic nitrogens is 2. The van der Waals surface area contributed by atoms with Crippen LogP contribution in [0.25, 0.3) is 0 Å². The monoisotopic (exact) mass is 261 g/mol. The van der Waals surface area contributed by atoms with E-state index in [4.69, 9.17) is 4.74 Å². The average Bonchev–Trinajstić information content (AvgIpc) is 2.68. The Morgan fingerprint density at radius 2 is 2.21 bits per heavy atom. The van der Waals surface area contributed by atoms with Crippen molar-refractivity contribution >= 4 is 11.7 Å². The van der Waals surface area contributed by atoms with Crippen LogP contribution < -0.4 is 10.1 Å². The summed E-state index contributed by atoms with van der Waals surface area (Å²) in [5, 5.41) is 16.7. The van der Waals surface area contributed by atoms with E-state index in [9.17, 15) is 9.90 Å². The molecule has 1 heterocycles. The molecular formula is C13H15N3O3. The van der Waals surface area contributed by atoms with Gasteiger partial charge in [-0.05, 0) is 19.1 Å². The van der Waals surface area contributed by atoms with E-state index in [0.29, 0.717) is 5.82 Å². The molecule has 0 unspecified atom stereocenters. The number of aryl methyl sites for hydroxylation is 2. The summed E-state index contributed by atoms with van der Waals surface area (Å²) in [6.45, 7) is 1.83. The first-order chi connectivity index (χ1) is 9.02. The van der Waals surface area contributed by atoms with Crippen LogP contribution in [0.1, 0.15) is 16.1 Å². The summed E-state index contributed by atoms with van der Waals surface area (Å²) in [5.74, 6) is 0.222. The number of hydrogen-bond acceptors (Lipinski definition) is 4. The lowest BCUT2D eigenvalue weighted by Crippen LogP contribution is -2.14. The van der Waals surface area contributed by atoms with Gasteiger partial charge < -0.3 is 15.2 Å². The van der Waals surface area contributed by atoms with Gasteiger partial charge in [0.1, 0.15) is 5.82 Å². The zero-order valence-corrected chi connectivity index (χ0v) is 11.0. The summed E-state index contributed by atoms with van der Waals surface area (Å²) in [6.07, 6.45) is 0. The molecule has 2 rings (SSSR count). The van der Waals surface area contributed by atoms with Gasteiger partial charge in [0.25, 0.3) is 5.91 Å². The second kappa shape index (κ2) is 5.01. The maximum atomic E-state index is 12.1. The number of rotatable bonds is 3. The number of methoxy groups -OCH3 is 1. The molecule has 2 N–H and O–H groups in total. The standard InChI is InChI=1S/C13H15N3O3/c1-8-7-11(16(2)15-8)14-13(18)9-5-4-6-10(19-3)12(9)17/h4-7,17H,1-3H3,(H,14,18). The smallest absolute Gasteiger partial charge is 0.260 e. The maximum absolute atomic E-state index is 12.1. The average molecular weight is 261 g/mol. The lowest BCUT2D eigenvalue weighted by Gasteiger charge is -2.09. The van der Waals surface area contributed by atoms with Gasteiger partial charge >= 0.3 is 0 Å². The van der Waals surface area contributed by atoms with Crippen molar-refractivity contribution in [2.24, 2.45) is 7.05 Å². The number of phenolic OH excluding ortho intramolecular Hbond substituents is 1. The van der Waals surface area contributed by atoms with E-state index < -0.39 is 5.91 Å². The largest absolute Gasteiger partial charge is 0.504 e. The minimum atomic E-state index is -0.417. The number of anilines is 1. The van der Waals surface area contributed by atoms with Gasteiger partial charge in [-0.15, -0.1) is 0 Å². The second-order valence-corrected chi connectivity index (χ2v) is 4.11. The van der Waals surface area contributed by atoms with Crippen molar-refractivity contribution in [1.29, 1.82) is 0 Å². The van der Waals surface area contributed by atoms with Crippen molar-refractivity contribution in [3.05, 3.63) is 35.5 Å². The van der Waals surface area contributed by atoms with Gasteiger partial charge in [0, 0.05) is 13.1 Å². The zero-order chi connectivity index (χ0) is 14.0. The fourth-order valence-corrected chi connectivity index (χ4v) is 1.78. The molecule has 0 aliphatic carbocycles. The van der Waals surface area contributed by atoms with E-state index in [-0.39, 0.29) is 17.1 Å². The summed E-state index contributed by atoms with van der Waals surface area (Å²) in [5.41, 5.74) is 0.950. The number of para-hydroxylation sites is 1. The van der Waals surface area contributed by atoms with Crippen LogP contribution in [-0.2, 0) is 7.05 Å². The van der Waals surface area contributed by atoms with E-state index >= 15 is 0 Å². The molecule has 0 saturated heterocycles. The van der Waals surface area contributed by atoms with Crippen LogP contribution >= 0.6 is 0 Å². The number of aromatic hydroxyl groups is 1. The molecule has 0 spiro atoms. The van der Waals surface area contributed by atoms with Gasteiger partial charge in [-0.3, -0.25) is 9.48 Å². The molecule has 1 amide bonds. The highest BCUT2D eigenvalue weighted by Crippen LogP contribution is 2.29. The number of carbonyl (C=O) groups is 1. The first-order valence-electron chi connectivity index (χ1n) is 5.71. The highest BCUT2D eigenvalue weighted by molar-refractivity contribution is 6.06. The predicted molar refractivity (Wildman–Crippen MR) is 70.6 cm³/mol. The number of nitrogens with zero attached hydrogens (tertiary/aromatic N) is 2. The maximum Gasteiger partial charge on any atom is 0.260 e. The molecular weight excluding hydrogens is 246 g/mol. The minimum Gasteiger partial charge on any atom is -0.504 e. The molecule has 0 fully saturated rings. The summed E-state index contributed by atoms with van der Waals surface area (Å²) in [4.78, 5) is 12.1. The van der Waals surface area contributed by atoms with Crippen molar-refractivity contribution < 1.29 is 14.6 Å². The van der Waals surface area contributed by atoms with E-state index in [1.165, 1.54) is 13.2 Å². The van der Waals surface area contributed by atoms with Crippen molar-refractivity contribution in [3.63, 3.8) is 0 Å². The topological polar surface area (TPSA) is 76.4 Å². The van der Waals surface area contributed by atoms with Gasteiger partial charge in [0.2, 0.25) is 0 Å². The number of amides is 1. The Hall–Kier alpha value is -2.50. The Balaban J connectivity index is 2.28. The van der Waals surface area contributed by atoms with Crippen molar-refractivity contribution in [2.75, 3.05) is 12.4 Å². The van der Waals surface area contributed by atoms with Crippen LogP contribution in [0.4, 0.5) is 5.82 Å². The Labute approximate surface area is 110 Å². The van der Waals surface area contributed by atoms with Crippen molar-refractivity contribution in [1.82, 2.24) is 9.78 Å². The molecule has 100 valence electrons. The minimum absolute atomic E-state index is 0.151. The molecule has 0 aliphatic rings. The molecule has 0 aliphatic heterocycles. The van der Waals surface area contributed by atoms with Gasteiger partial charge in [-0.25, -0.2) is 0 Å². The molecule has 0 atom stereocenters. The Kier molecular flexibility index (Phi) is 3.41. The first kappa shape index (κ1) is 12.9. The van der Waals surface area contributed by atoms with Gasteiger partial charge in [0.15, 0.2) is 11.5 Å². The third kappa shape index (κ3) is 2.52. The molecule has 6 nitrogen and oxygen atoms in total. The number of ether oxygens (including phenoxy) is 1. The summed E-state index contributed by atoms with van der Waals surface area (Å²) in [6, 6.07) is 6.49. The Morgan fingerprint density at radius 1 is 1.47 bits per heavy atom. The van der Waals surface area contributed by atoms with Crippen molar-refractivity contribution in [3.8, 4) is 11.5 Å². The SMILES string of the molecule is COc1cccc(C(=O)Nc2cc(C)nn2C)c1O. The quantitative estimate of drug-likeness (QED) is 0.881. The normalized spacial score (nSPS) is 10.3. The number of benzene rings is 1.